The number of amides is 1. The van der Waals surface area contributed by atoms with Crippen molar-refractivity contribution in [3.63, 3.8) is 0 Å². The van der Waals surface area contributed by atoms with Gasteiger partial charge in [-0.1, -0.05) is 38.1 Å². The quantitative estimate of drug-likeness (QED) is 0.744. The molecule has 134 valence electrons. The lowest BCUT2D eigenvalue weighted by Crippen LogP contribution is -2.29. The van der Waals surface area contributed by atoms with Crippen LogP contribution < -0.4 is 10.9 Å². The lowest BCUT2D eigenvalue weighted by Gasteiger charge is -2.14. The monoisotopic (exact) mass is 349 g/mol. The lowest BCUT2D eigenvalue weighted by molar-refractivity contribution is 0.0955. The Bertz CT molecular complexity index is 962. The minimum absolute atomic E-state index is 0.0562. The number of pyridine rings is 2. The van der Waals surface area contributed by atoms with Crippen LogP contribution in [0.25, 0.3) is 10.8 Å². The van der Waals surface area contributed by atoms with E-state index in [9.17, 15) is 9.59 Å². The molecule has 1 aromatic carbocycles. The normalized spacial score (nSPS) is 11.0. The Morgan fingerprint density at radius 3 is 2.54 bits per heavy atom. The molecule has 0 saturated carbocycles. The average molecular weight is 349 g/mol. The van der Waals surface area contributed by atoms with E-state index < -0.39 is 0 Å². The van der Waals surface area contributed by atoms with Crippen LogP contribution in [0.15, 0.2) is 59.7 Å². The topological polar surface area (TPSA) is 64.0 Å². The standard InChI is InChI=1S/C21H23N3O2/c1-15(2)13-24-14-19(17-8-3-4-9-18(17)21(24)26)20(25)23-12-10-16-7-5-6-11-22-16/h3-9,11,14-15H,10,12-13H2,1-2H3,(H,23,25). The summed E-state index contributed by atoms with van der Waals surface area (Å²) in [6.45, 7) is 5.17. The van der Waals surface area contributed by atoms with Crippen LogP contribution in [0.5, 0.6) is 0 Å². The van der Waals surface area contributed by atoms with Gasteiger partial charge in [0.25, 0.3) is 11.5 Å². The van der Waals surface area contributed by atoms with Gasteiger partial charge in [-0.3, -0.25) is 14.6 Å². The van der Waals surface area contributed by atoms with Gasteiger partial charge in [0.15, 0.2) is 0 Å². The SMILES string of the molecule is CC(C)Cn1cc(C(=O)NCCc2ccccn2)c2ccccc2c1=O. The second kappa shape index (κ2) is 7.95. The zero-order valence-electron chi connectivity index (χ0n) is 15.1. The third-order valence-electron chi connectivity index (χ3n) is 4.19. The van der Waals surface area contributed by atoms with E-state index in [1.165, 1.54) is 0 Å². The zero-order valence-corrected chi connectivity index (χ0v) is 15.1. The highest BCUT2D eigenvalue weighted by Gasteiger charge is 2.15. The van der Waals surface area contributed by atoms with E-state index >= 15 is 0 Å². The molecule has 26 heavy (non-hydrogen) atoms. The van der Waals surface area contributed by atoms with Crippen LogP contribution in [0.1, 0.15) is 29.9 Å². The summed E-state index contributed by atoms with van der Waals surface area (Å²) < 4.78 is 1.64. The van der Waals surface area contributed by atoms with Crippen molar-refractivity contribution >= 4 is 16.7 Å². The summed E-state index contributed by atoms with van der Waals surface area (Å²) in [5.41, 5.74) is 1.41. The molecule has 5 heteroatoms. The molecule has 1 N–H and O–H groups in total. The van der Waals surface area contributed by atoms with Gasteiger partial charge in [-0.05, 0) is 24.1 Å². The Labute approximate surface area is 152 Å². The van der Waals surface area contributed by atoms with Gasteiger partial charge < -0.3 is 9.88 Å². The Balaban J connectivity index is 1.86. The van der Waals surface area contributed by atoms with Gasteiger partial charge in [0.2, 0.25) is 0 Å². The molecule has 2 heterocycles. The van der Waals surface area contributed by atoms with E-state index in [1.54, 1.807) is 23.0 Å². The summed E-state index contributed by atoms with van der Waals surface area (Å²) in [5.74, 6) is 0.142. The fourth-order valence-electron chi connectivity index (χ4n) is 3.00. The molecule has 0 radical (unpaired) electrons. The maximum atomic E-state index is 12.8. The smallest absolute Gasteiger partial charge is 0.258 e. The number of fused-ring (bicyclic) bond motifs is 1. The molecule has 1 amide bonds. The lowest BCUT2D eigenvalue weighted by atomic mass is 10.1. The molecule has 3 aromatic rings. The predicted molar refractivity (Wildman–Crippen MR) is 103 cm³/mol. The fraction of sp³-hybridized carbons (Fsp3) is 0.286. The first kappa shape index (κ1) is 17.9. The first-order valence-electron chi connectivity index (χ1n) is 8.86. The van der Waals surface area contributed by atoms with E-state index in [-0.39, 0.29) is 11.5 Å². The Kier molecular flexibility index (Phi) is 5.46. The van der Waals surface area contributed by atoms with Gasteiger partial charge in [-0.2, -0.15) is 0 Å². The number of carbonyl (C=O) groups is 1. The Morgan fingerprint density at radius 2 is 1.85 bits per heavy atom. The third kappa shape index (κ3) is 3.99. The highest BCUT2D eigenvalue weighted by molar-refractivity contribution is 6.06. The van der Waals surface area contributed by atoms with E-state index in [0.29, 0.717) is 41.8 Å². The van der Waals surface area contributed by atoms with Crippen molar-refractivity contribution in [1.82, 2.24) is 14.9 Å². The second-order valence-electron chi connectivity index (χ2n) is 6.77. The van der Waals surface area contributed by atoms with Gasteiger partial charge in [-0.25, -0.2) is 0 Å². The van der Waals surface area contributed by atoms with Crippen molar-refractivity contribution in [2.45, 2.75) is 26.8 Å². The first-order chi connectivity index (χ1) is 12.6. The first-order valence-corrected chi connectivity index (χ1v) is 8.86. The van der Waals surface area contributed by atoms with Gasteiger partial charge in [0.1, 0.15) is 0 Å². The molecule has 0 fully saturated rings. The molecular weight excluding hydrogens is 326 g/mol. The number of benzene rings is 1. The van der Waals surface area contributed by atoms with Gasteiger partial charge in [0.05, 0.1) is 5.56 Å². The number of nitrogens with one attached hydrogen (secondary N) is 1. The summed E-state index contributed by atoms with van der Waals surface area (Å²) in [5, 5.41) is 4.21. The van der Waals surface area contributed by atoms with Crippen LogP contribution in [0.4, 0.5) is 0 Å². The number of nitrogens with zero attached hydrogens (tertiary/aromatic N) is 2. The van der Waals surface area contributed by atoms with Crippen molar-refractivity contribution in [3.8, 4) is 0 Å². The third-order valence-corrected chi connectivity index (χ3v) is 4.19. The van der Waals surface area contributed by atoms with Crippen molar-refractivity contribution in [3.05, 3.63) is 76.5 Å². The molecule has 0 spiro atoms. The van der Waals surface area contributed by atoms with Crippen LogP contribution in [0.2, 0.25) is 0 Å². The number of aromatic nitrogens is 2. The largest absolute Gasteiger partial charge is 0.352 e. The zero-order chi connectivity index (χ0) is 18.5. The van der Waals surface area contributed by atoms with Crippen LogP contribution in [0, 0.1) is 5.92 Å². The number of carbonyl (C=O) groups excluding carboxylic acids is 1. The molecule has 0 aliphatic carbocycles. The van der Waals surface area contributed by atoms with E-state index in [4.69, 9.17) is 0 Å². The van der Waals surface area contributed by atoms with Crippen LogP contribution >= 0.6 is 0 Å². The summed E-state index contributed by atoms with van der Waals surface area (Å²) in [6.07, 6.45) is 4.09. The van der Waals surface area contributed by atoms with E-state index in [1.807, 2.05) is 50.2 Å². The maximum Gasteiger partial charge on any atom is 0.258 e. The highest BCUT2D eigenvalue weighted by Crippen LogP contribution is 2.16. The minimum Gasteiger partial charge on any atom is -0.352 e. The predicted octanol–water partition coefficient (Wildman–Crippen LogP) is 3.03. The molecule has 2 aromatic heterocycles. The van der Waals surface area contributed by atoms with Crippen LogP contribution in [0.3, 0.4) is 0 Å². The highest BCUT2D eigenvalue weighted by atomic mass is 16.2. The molecule has 0 saturated heterocycles. The van der Waals surface area contributed by atoms with Crippen molar-refractivity contribution in [2.75, 3.05) is 6.54 Å². The molecule has 0 bridgehead atoms. The van der Waals surface area contributed by atoms with Gasteiger partial charge in [0, 0.05) is 48.4 Å². The summed E-state index contributed by atoms with van der Waals surface area (Å²) in [4.78, 5) is 29.7. The average Bonchev–Trinajstić information content (AvgIpc) is 2.64. The molecule has 3 rings (SSSR count). The second-order valence-corrected chi connectivity index (χ2v) is 6.77. The Hall–Kier alpha value is -2.95. The number of hydrogen-bond donors (Lipinski definition) is 1. The molecule has 0 aliphatic heterocycles. The summed E-state index contributed by atoms with van der Waals surface area (Å²) in [6, 6.07) is 13.0. The van der Waals surface area contributed by atoms with Gasteiger partial charge in [-0.15, -0.1) is 0 Å². The summed E-state index contributed by atoms with van der Waals surface area (Å²) in [7, 11) is 0. The molecule has 5 nitrogen and oxygen atoms in total. The number of hydrogen-bond acceptors (Lipinski definition) is 3. The molecular formula is C21H23N3O2. The fourth-order valence-corrected chi connectivity index (χ4v) is 3.00. The van der Waals surface area contributed by atoms with Crippen molar-refractivity contribution in [1.29, 1.82) is 0 Å². The molecule has 0 unspecified atom stereocenters. The minimum atomic E-state index is -0.172. The van der Waals surface area contributed by atoms with Crippen molar-refractivity contribution in [2.24, 2.45) is 5.92 Å². The molecule has 0 aliphatic rings. The van der Waals surface area contributed by atoms with Crippen LogP contribution in [-0.4, -0.2) is 22.0 Å². The van der Waals surface area contributed by atoms with E-state index in [2.05, 4.69) is 10.3 Å². The number of rotatable bonds is 6. The maximum absolute atomic E-state index is 12.8. The molecule has 0 atom stereocenters. The van der Waals surface area contributed by atoms with Gasteiger partial charge >= 0.3 is 0 Å². The van der Waals surface area contributed by atoms with Crippen molar-refractivity contribution < 1.29 is 4.79 Å². The van der Waals surface area contributed by atoms with Crippen LogP contribution in [-0.2, 0) is 13.0 Å². The van der Waals surface area contributed by atoms with E-state index in [0.717, 1.165) is 5.69 Å². The summed E-state index contributed by atoms with van der Waals surface area (Å²) >= 11 is 0. The Morgan fingerprint density at radius 1 is 1.12 bits per heavy atom.